The molecule has 1 nitrogen and oxygen atoms in total. The van der Waals surface area contributed by atoms with Crippen LogP contribution in [0.3, 0.4) is 0 Å². The molecule has 3 heteroatoms. The molecule has 76 valence electrons. The minimum absolute atomic E-state index is 0.591. The van der Waals surface area contributed by atoms with Gasteiger partial charge < -0.3 is 5.11 Å². The molecule has 0 saturated heterocycles. The Morgan fingerprint density at radius 2 is 1.50 bits per heavy atom. The number of halogens is 2. The summed E-state index contributed by atoms with van der Waals surface area (Å²) in [5.74, 6) is 0. The first kappa shape index (κ1) is 10.7. The number of hydrogen-bond donors (Lipinski definition) is 1. The zero-order chi connectivity index (χ0) is 10.2. The lowest BCUT2D eigenvalue weighted by Gasteiger charge is -2.23. The quantitative estimate of drug-likeness (QED) is 0.830. The molecule has 0 amide bonds. The van der Waals surface area contributed by atoms with Gasteiger partial charge in [-0.1, -0.05) is 44.7 Å². The summed E-state index contributed by atoms with van der Waals surface area (Å²) in [6.07, 6.45) is 4.02. The number of aliphatic hydroxyl groups is 1. The summed E-state index contributed by atoms with van der Waals surface area (Å²) in [6.45, 7) is 0. The maximum atomic E-state index is 10.4. The highest BCUT2D eigenvalue weighted by molar-refractivity contribution is 9.11. The number of rotatable bonds is 1. The third-order valence-corrected chi connectivity index (χ3v) is 3.75. The van der Waals surface area contributed by atoms with E-state index in [-0.39, 0.29) is 0 Å². The van der Waals surface area contributed by atoms with E-state index >= 15 is 0 Å². The van der Waals surface area contributed by atoms with E-state index < -0.39 is 5.60 Å². The molecule has 1 aliphatic carbocycles. The molecule has 0 radical (unpaired) electrons. The van der Waals surface area contributed by atoms with Crippen LogP contribution in [0.2, 0.25) is 0 Å². The van der Waals surface area contributed by atoms with Gasteiger partial charge in [0.15, 0.2) is 0 Å². The summed E-state index contributed by atoms with van der Waals surface area (Å²) in [7, 11) is 0. The van der Waals surface area contributed by atoms with Crippen LogP contribution in [-0.2, 0) is 5.60 Å². The average molecular weight is 320 g/mol. The third kappa shape index (κ3) is 2.05. The summed E-state index contributed by atoms with van der Waals surface area (Å²) in [5, 5.41) is 10.4. The first-order valence-corrected chi connectivity index (χ1v) is 6.38. The molecule has 1 fully saturated rings. The number of benzene rings is 1. The molecule has 1 N–H and O–H groups in total. The van der Waals surface area contributed by atoms with Crippen molar-refractivity contribution in [2.24, 2.45) is 0 Å². The van der Waals surface area contributed by atoms with Gasteiger partial charge in [-0.15, -0.1) is 0 Å². The zero-order valence-electron chi connectivity index (χ0n) is 7.76. The fraction of sp³-hybridized carbons (Fsp3) is 0.455. The minimum atomic E-state index is -0.591. The fourth-order valence-electron chi connectivity index (χ4n) is 2.07. The Morgan fingerprint density at radius 1 is 1.00 bits per heavy atom. The van der Waals surface area contributed by atoms with E-state index in [1.54, 1.807) is 0 Å². The normalized spacial score (nSPS) is 19.9. The highest BCUT2D eigenvalue weighted by Gasteiger charge is 2.33. The first-order chi connectivity index (χ1) is 6.60. The van der Waals surface area contributed by atoms with Gasteiger partial charge in [0.1, 0.15) is 0 Å². The molecule has 1 aromatic rings. The summed E-state index contributed by atoms with van der Waals surface area (Å²) >= 11 is 6.89. The van der Waals surface area contributed by atoms with E-state index in [0.29, 0.717) is 0 Å². The van der Waals surface area contributed by atoms with E-state index in [0.717, 1.165) is 40.2 Å². The Bertz CT molecular complexity index is 323. The smallest absolute Gasteiger partial charge is 0.0897 e. The molecule has 0 atom stereocenters. The van der Waals surface area contributed by atoms with Crippen LogP contribution in [0.15, 0.2) is 27.1 Å². The van der Waals surface area contributed by atoms with Crippen molar-refractivity contribution in [3.05, 3.63) is 32.7 Å². The van der Waals surface area contributed by atoms with Crippen molar-refractivity contribution in [2.45, 2.75) is 31.3 Å². The van der Waals surface area contributed by atoms with Crippen LogP contribution < -0.4 is 0 Å². The Balaban J connectivity index is 2.40. The van der Waals surface area contributed by atoms with Gasteiger partial charge in [-0.3, -0.25) is 0 Å². The minimum Gasteiger partial charge on any atom is -0.385 e. The first-order valence-electron chi connectivity index (χ1n) is 4.79. The van der Waals surface area contributed by atoms with E-state index in [9.17, 15) is 5.11 Å². The van der Waals surface area contributed by atoms with Crippen molar-refractivity contribution in [3.63, 3.8) is 0 Å². The predicted molar refractivity (Wildman–Crippen MR) is 64.2 cm³/mol. The van der Waals surface area contributed by atoms with Gasteiger partial charge >= 0.3 is 0 Å². The second-order valence-electron chi connectivity index (χ2n) is 3.90. The van der Waals surface area contributed by atoms with Gasteiger partial charge in [-0.2, -0.15) is 0 Å². The van der Waals surface area contributed by atoms with Crippen molar-refractivity contribution < 1.29 is 5.11 Å². The van der Waals surface area contributed by atoms with Crippen LogP contribution in [0.5, 0.6) is 0 Å². The summed E-state index contributed by atoms with van der Waals surface area (Å²) < 4.78 is 2.03. The van der Waals surface area contributed by atoms with E-state index in [4.69, 9.17) is 0 Å². The maximum Gasteiger partial charge on any atom is 0.0897 e. The average Bonchev–Trinajstić information content (AvgIpc) is 2.52. The molecular weight excluding hydrogens is 308 g/mol. The molecule has 0 spiro atoms. The molecular formula is C11H12Br2O. The topological polar surface area (TPSA) is 20.2 Å². The number of hydrogen-bond acceptors (Lipinski definition) is 1. The second kappa shape index (κ2) is 3.95. The van der Waals surface area contributed by atoms with Gasteiger partial charge in [0.25, 0.3) is 0 Å². The van der Waals surface area contributed by atoms with E-state index in [1.165, 1.54) is 0 Å². The van der Waals surface area contributed by atoms with Crippen LogP contribution in [0.25, 0.3) is 0 Å². The highest BCUT2D eigenvalue weighted by atomic mass is 79.9. The lowest BCUT2D eigenvalue weighted by molar-refractivity contribution is 0.0443. The van der Waals surface area contributed by atoms with E-state index in [1.807, 2.05) is 18.2 Å². The Morgan fingerprint density at radius 3 is 2.00 bits per heavy atom. The molecule has 14 heavy (non-hydrogen) atoms. The lowest BCUT2D eigenvalue weighted by Crippen LogP contribution is -2.20. The second-order valence-corrected chi connectivity index (χ2v) is 5.73. The molecule has 0 unspecified atom stereocenters. The van der Waals surface area contributed by atoms with Crippen LogP contribution in [-0.4, -0.2) is 5.11 Å². The lowest BCUT2D eigenvalue weighted by atomic mass is 9.92. The zero-order valence-corrected chi connectivity index (χ0v) is 10.9. The van der Waals surface area contributed by atoms with Crippen LogP contribution in [0.4, 0.5) is 0 Å². The monoisotopic (exact) mass is 318 g/mol. The molecule has 0 aliphatic heterocycles. The fourth-order valence-corrected chi connectivity index (χ4v) is 3.36. The highest BCUT2D eigenvalue weighted by Crippen LogP contribution is 2.40. The molecule has 0 heterocycles. The van der Waals surface area contributed by atoms with Crippen molar-refractivity contribution >= 4 is 31.9 Å². The molecule has 0 aromatic heterocycles. The molecule has 1 aromatic carbocycles. The van der Waals surface area contributed by atoms with Gasteiger partial charge in [-0.05, 0) is 36.6 Å². The summed E-state index contributed by atoms with van der Waals surface area (Å²) in [6, 6.07) is 6.01. The Hall–Kier alpha value is 0.140. The Kier molecular flexibility index (Phi) is 3.01. The third-order valence-electron chi connectivity index (χ3n) is 2.83. The van der Waals surface area contributed by atoms with Crippen molar-refractivity contribution in [2.75, 3.05) is 0 Å². The van der Waals surface area contributed by atoms with Crippen molar-refractivity contribution in [3.8, 4) is 0 Å². The van der Waals surface area contributed by atoms with Crippen molar-refractivity contribution in [1.29, 1.82) is 0 Å². The summed E-state index contributed by atoms with van der Waals surface area (Å²) in [5.41, 5.74) is 0.433. The molecule has 1 saturated carbocycles. The van der Waals surface area contributed by atoms with Gasteiger partial charge in [0.2, 0.25) is 0 Å². The van der Waals surface area contributed by atoms with Crippen LogP contribution >= 0.6 is 31.9 Å². The van der Waals surface area contributed by atoms with Crippen LogP contribution in [0.1, 0.15) is 31.2 Å². The maximum absolute atomic E-state index is 10.4. The molecule has 2 rings (SSSR count). The standard InChI is InChI=1S/C11H12Br2O/c12-9-5-8(6-10(13)7-9)11(14)3-1-2-4-11/h5-7,14H,1-4H2. The Labute approximate surface area is 101 Å². The molecule has 0 bridgehead atoms. The largest absolute Gasteiger partial charge is 0.385 e. The van der Waals surface area contributed by atoms with Crippen LogP contribution in [0, 0.1) is 0 Å². The van der Waals surface area contributed by atoms with Crippen molar-refractivity contribution in [1.82, 2.24) is 0 Å². The van der Waals surface area contributed by atoms with Gasteiger partial charge in [-0.25, -0.2) is 0 Å². The predicted octanol–water partition coefficient (Wildman–Crippen LogP) is 3.97. The van der Waals surface area contributed by atoms with E-state index in [2.05, 4.69) is 31.9 Å². The van der Waals surface area contributed by atoms with Gasteiger partial charge in [0, 0.05) is 8.95 Å². The summed E-state index contributed by atoms with van der Waals surface area (Å²) in [4.78, 5) is 0. The molecule has 1 aliphatic rings. The van der Waals surface area contributed by atoms with Gasteiger partial charge in [0.05, 0.1) is 5.60 Å². The SMILES string of the molecule is OC1(c2cc(Br)cc(Br)c2)CCCC1.